The number of hydrogen-bond donors (Lipinski definition) is 1. The van der Waals surface area contributed by atoms with Crippen LogP contribution in [-0.4, -0.2) is 45.0 Å². The number of hydrogen-bond acceptors (Lipinski definition) is 5. The van der Waals surface area contributed by atoms with Crippen molar-refractivity contribution in [2.45, 2.75) is 69.5 Å². The molecule has 1 N–H and O–H groups in total. The number of sulfonamides is 1. The molecule has 0 bridgehead atoms. The minimum Gasteiger partial charge on any atom is -0.476 e. The van der Waals surface area contributed by atoms with Gasteiger partial charge in [-0.25, -0.2) is 8.42 Å². The molecular weight excluding hydrogens is 522 g/mol. The molecule has 2 aliphatic heterocycles. The van der Waals surface area contributed by atoms with Gasteiger partial charge in [0.05, 0.1) is 17.1 Å². The van der Waals surface area contributed by atoms with Crippen molar-refractivity contribution in [2.75, 3.05) is 23.9 Å². The summed E-state index contributed by atoms with van der Waals surface area (Å²) < 4.78 is 35.1. The Morgan fingerprint density at radius 3 is 2.30 bits per heavy atom. The van der Waals surface area contributed by atoms with Gasteiger partial charge in [-0.05, 0) is 72.3 Å². The second kappa shape index (κ2) is 11.6. The minimum atomic E-state index is -3.93. The number of fused-ring (bicyclic) bond motifs is 1. The maximum Gasteiger partial charge on any atom is 0.264 e. The Morgan fingerprint density at radius 2 is 1.60 bits per heavy atom. The Hall–Kier alpha value is -3.36. The number of nitrogens with zero attached hydrogens (tertiary/aromatic N) is 2. The summed E-state index contributed by atoms with van der Waals surface area (Å²) in [5.41, 5.74) is 3.50. The number of ether oxygens (including phenoxy) is 1. The largest absolute Gasteiger partial charge is 0.476 e. The standard InChI is InChI=1S/C32H39N3O4S/c1-32(2,3)26-16-17-29-28(20-26)35(40(37,38)27-14-6-4-7-15-27)23-30(39-29)31(36)33-21-24-12-8-9-13-25(24)22-34-18-10-5-11-19-34/h4,6-9,12-17,20,30H,5,10-11,18-19,21-23H2,1-3H3,(H,33,36). The summed E-state index contributed by atoms with van der Waals surface area (Å²) >= 11 is 0. The lowest BCUT2D eigenvalue weighted by atomic mass is 9.86. The number of piperidine rings is 1. The maximum absolute atomic E-state index is 13.8. The van der Waals surface area contributed by atoms with Crippen LogP contribution in [0.2, 0.25) is 0 Å². The lowest BCUT2D eigenvalue weighted by Gasteiger charge is -2.36. The molecule has 3 aromatic carbocycles. The van der Waals surface area contributed by atoms with Crippen LogP contribution in [0.4, 0.5) is 5.69 Å². The molecule has 1 amide bonds. The second-order valence-electron chi connectivity index (χ2n) is 11.7. The monoisotopic (exact) mass is 561 g/mol. The minimum absolute atomic E-state index is 0.112. The van der Waals surface area contributed by atoms with Crippen LogP contribution in [0, 0.1) is 0 Å². The van der Waals surface area contributed by atoms with Gasteiger partial charge in [0.25, 0.3) is 15.9 Å². The molecule has 0 spiro atoms. The zero-order chi connectivity index (χ0) is 28.3. The van der Waals surface area contributed by atoms with E-state index in [1.165, 1.54) is 29.1 Å². The van der Waals surface area contributed by atoms with Gasteiger partial charge in [-0.15, -0.1) is 0 Å². The third-order valence-corrected chi connectivity index (χ3v) is 9.53. The summed E-state index contributed by atoms with van der Waals surface area (Å²) in [6, 6.07) is 22.1. The van der Waals surface area contributed by atoms with Crippen LogP contribution < -0.4 is 14.4 Å². The Labute approximate surface area is 238 Å². The molecule has 2 heterocycles. The van der Waals surface area contributed by atoms with Gasteiger partial charge in [-0.2, -0.15) is 0 Å². The molecule has 1 unspecified atom stereocenters. The van der Waals surface area contributed by atoms with E-state index in [1.54, 1.807) is 36.4 Å². The molecule has 1 atom stereocenters. The SMILES string of the molecule is CC(C)(C)c1ccc2c(c1)N(S(=O)(=O)c1ccccc1)CC(C(=O)NCc1ccccc1CN1CCCCC1)O2. The van der Waals surface area contributed by atoms with Crippen molar-refractivity contribution in [3.05, 3.63) is 89.5 Å². The van der Waals surface area contributed by atoms with Gasteiger partial charge in [0, 0.05) is 13.1 Å². The molecule has 7 nitrogen and oxygen atoms in total. The van der Waals surface area contributed by atoms with Crippen molar-refractivity contribution in [3.63, 3.8) is 0 Å². The summed E-state index contributed by atoms with van der Waals surface area (Å²) in [7, 11) is -3.93. The van der Waals surface area contributed by atoms with E-state index in [4.69, 9.17) is 4.74 Å². The van der Waals surface area contributed by atoms with Crippen LogP contribution in [0.5, 0.6) is 5.75 Å². The fourth-order valence-electron chi connectivity index (χ4n) is 5.34. The van der Waals surface area contributed by atoms with Gasteiger partial charge in [-0.1, -0.05) is 75.7 Å². The highest BCUT2D eigenvalue weighted by molar-refractivity contribution is 7.92. The summed E-state index contributed by atoms with van der Waals surface area (Å²) in [4.78, 5) is 16.1. The predicted octanol–water partition coefficient (Wildman–Crippen LogP) is 5.24. The van der Waals surface area contributed by atoms with E-state index in [9.17, 15) is 13.2 Å². The smallest absolute Gasteiger partial charge is 0.264 e. The van der Waals surface area contributed by atoms with Crippen LogP contribution in [0.3, 0.4) is 0 Å². The summed E-state index contributed by atoms with van der Waals surface area (Å²) in [6.45, 7) is 9.52. The first kappa shape index (κ1) is 28.2. The highest BCUT2D eigenvalue weighted by Gasteiger charge is 2.38. The number of likely N-dealkylation sites (tertiary alicyclic amines) is 1. The molecule has 3 aromatic rings. The predicted molar refractivity (Wildman–Crippen MR) is 158 cm³/mol. The van der Waals surface area contributed by atoms with Gasteiger partial charge in [0.15, 0.2) is 6.10 Å². The molecule has 1 fully saturated rings. The number of nitrogens with one attached hydrogen (secondary N) is 1. The van der Waals surface area contributed by atoms with Crippen molar-refractivity contribution in [1.29, 1.82) is 0 Å². The topological polar surface area (TPSA) is 79.0 Å². The van der Waals surface area contributed by atoms with E-state index >= 15 is 0 Å². The fraction of sp³-hybridized carbons (Fsp3) is 0.406. The van der Waals surface area contributed by atoms with E-state index in [-0.39, 0.29) is 22.8 Å². The average molecular weight is 562 g/mol. The highest BCUT2D eigenvalue weighted by atomic mass is 32.2. The summed E-state index contributed by atoms with van der Waals surface area (Å²) in [5, 5.41) is 3.02. The van der Waals surface area contributed by atoms with Crippen LogP contribution in [0.15, 0.2) is 77.7 Å². The van der Waals surface area contributed by atoms with E-state index in [0.717, 1.165) is 30.8 Å². The molecule has 40 heavy (non-hydrogen) atoms. The van der Waals surface area contributed by atoms with E-state index in [2.05, 4.69) is 37.1 Å². The van der Waals surface area contributed by atoms with Crippen LogP contribution in [0.25, 0.3) is 0 Å². The van der Waals surface area contributed by atoms with Crippen molar-refractivity contribution >= 4 is 21.6 Å². The van der Waals surface area contributed by atoms with Gasteiger partial charge in [0.1, 0.15) is 5.75 Å². The summed E-state index contributed by atoms with van der Waals surface area (Å²) in [6.07, 6.45) is 2.74. The van der Waals surface area contributed by atoms with Crippen molar-refractivity contribution < 1.29 is 17.9 Å². The average Bonchev–Trinajstić information content (AvgIpc) is 2.96. The molecule has 1 saturated heterocycles. The zero-order valence-electron chi connectivity index (χ0n) is 23.6. The third kappa shape index (κ3) is 6.18. The number of anilines is 1. The third-order valence-electron chi connectivity index (χ3n) is 7.73. The molecule has 212 valence electrons. The van der Waals surface area contributed by atoms with E-state index in [1.807, 2.05) is 30.3 Å². The Kier molecular flexibility index (Phi) is 8.19. The molecular formula is C32H39N3O4S. The van der Waals surface area contributed by atoms with Crippen LogP contribution >= 0.6 is 0 Å². The lowest BCUT2D eigenvalue weighted by molar-refractivity contribution is -0.127. The molecule has 2 aliphatic rings. The normalized spacial score (nSPS) is 18.1. The number of carbonyl (C=O) groups excluding carboxylic acids is 1. The van der Waals surface area contributed by atoms with Gasteiger partial charge < -0.3 is 10.1 Å². The number of amides is 1. The highest BCUT2D eigenvalue weighted by Crippen LogP contribution is 2.40. The molecule has 8 heteroatoms. The molecule has 0 radical (unpaired) electrons. The van der Waals surface area contributed by atoms with Gasteiger partial charge >= 0.3 is 0 Å². The first-order valence-electron chi connectivity index (χ1n) is 14.1. The Balaban J connectivity index is 1.38. The maximum atomic E-state index is 13.8. The summed E-state index contributed by atoms with van der Waals surface area (Å²) in [5.74, 6) is 0.0380. The quantitative estimate of drug-likeness (QED) is 0.427. The molecule has 5 rings (SSSR count). The van der Waals surface area contributed by atoms with Crippen molar-refractivity contribution in [2.24, 2.45) is 0 Å². The Morgan fingerprint density at radius 1 is 0.925 bits per heavy atom. The van der Waals surface area contributed by atoms with Gasteiger partial charge in [0.2, 0.25) is 0 Å². The molecule has 0 aliphatic carbocycles. The number of benzene rings is 3. The van der Waals surface area contributed by atoms with Crippen LogP contribution in [-0.2, 0) is 33.3 Å². The molecule has 0 saturated carbocycles. The number of carbonyl (C=O) groups is 1. The fourth-order valence-corrected chi connectivity index (χ4v) is 6.83. The lowest BCUT2D eigenvalue weighted by Crippen LogP contribution is -2.50. The van der Waals surface area contributed by atoms with E-state index < -0.39 is 16.1 Å². The van der Waals surface area contributed by atoms with Crippen LogP contribution in [0.1, 0.15) is 56.7 Å². The zero-order valence-corrected chi connectivity index (χ0v) is 24.4. The Bertz CT molecular complexity index is 1440. The van der Waals surface area contributed by atoms with Crippen molar-refractivity contribution in [3.8, 4) is 5.75 Å². The first-order chi connectivity index (χ1) is 19.1. The van der Waals surface area contributed by atoms with Crippen molar-refractivity contribution in [1.82, 2.24) is 10.2 Å². The molecule has 0 aromatic heterocycles. The number of rotatable bonds is 7. The van der Waals surface area contributed by atoms with E-state index in [0.29, 0.717) is 18.0 Å². The van der Waals surface area contributed by atoms with Gasteiger partial charge in [-0.3, -0.25) is 14.0 Å². The second-order valence-corrected chi connectivity index (χ2v) is 13.6. The first-order valence-corrected chi connectivity index (χ1v) is 15.5.